The van der Waals surface area contributed by atoms with Crippen LogP contribution in [0.2, 0.25) is 0 Å². The van der Waals surface area contributed by atoms with E-state index in [2.05, 4.69) is 16.3 Å². The zero-order chi connectivity index (χ0) is 9.26. The molecule has 0 saturated heterocycles. The van der Waals surface area contributed by atoms with E-state index in [-0.39, 0.29) is 0 Å². The molecule has 3 nitrogen and oxygen atoms in total. The van der Waals surface area contributed by atoms with E-state index in [1.807, 2.05) is 19.9 Å². The standard InChI is InChI=1S/C10H9N2O/c1-7-10(8(2)13-12-7)9-4-3-5-11-6-9/h3-4,6H,1-2H3. The number of aromatic nitrogens is 2. The third kappa shape index (κ3) is 1.33. The Morgan fingerprint density at radius 1 is 1.38 bits per heavy atom. The van der Waals surface area contributed by atoms with E-state index in [9.17, 15) is 0 Å². The molecule has 0 fully saturated rings. The fraction of sp³-hybridized carbons (Fsp3) is 0.200. The normalized spacial score (nSPS) is 10.3. The summed E-state index contributed by atoms with van der Waals surface area (Å²) in [6.07, 6.45) is 4.49. The van der Waals surface area contributed by atoms with Gasteiger partial charge in [0.1, 0.15) is 5.76 Å². The first kappa shape index (κ1) is 7.98. The van der Waals surface area contributed by atoms with E-state index in [0.717, 1.165) is 22.6 Å². The highest BCUT2D eigenvalue weighted by atomic mass is 16.5. The molecule has 0 N–H and O–H groups in total. The van der Waals surface area contributed by atoms with Gasteiger partial charge in [-0.25, -0.2) is 0 Å². The molecule has 0 aliphatic heterocycles. The molecule has 2 aromatic rings. The third-order valence-electron chi connectivity index (χ3n) is 1.94. The molecule has 2 aromatic heterocycles. The van der Waals surface area contributed by atoms with Gasteiger partial charge in [0.2, 0.25) is 0 Å². The van der Waals surface area contributed by atoms with E-state index in [0.29, 0.717) is 0 Å². The summed E-state index contributed by atoms with van der Waals surface area (Å²) in [7, 11) is 0. The van der Waals surface area contributed by atoms with Crippen molar-refractivity contribution < 1.29 is 4.52 Å². The van der Waals surface area contributed by atoms with Crippen LogP contribution in [-0.4, -0.2) is 10.1 Å². The zero-order valence-electron chi connectivity index (χ0n) is 7.53. The van der Waals surface area contributed by atoms with E-state index in [1.165, 1.54) is 0 Å². The summed E-state index contributed by atoms with van der Waals surface area (Å²) >= 11 is 0. The summed E-state index contributed by atoms with van der Waals surface area (Å²) in [5.41, 5.74) is 2.95. The topological polar surface area (TPSA) is 38.9 Å². The van der Waals surface area contributed by atoms with Gasteiger partial charge in [0, 0.05) is 17.3 Å². The summed E-state index contributed by atoms with van der Waals surface area (Å²) in [4.78, 5) is 3.93. The van der Waals surface area contributed by atoms with Crippen molar-refractivity contribution in [2.45, 2.75) is 13.8 Å². The Hall–Kier alpha value is -1.64. The molecule has 0 aliphatic rings. The highest BCUT2D eigenvalue weighted by molar-refractivity contribution is 5.66. The Labute approximate surface area is 76.4 Å². The number of rotatable bonds is 1. The molecule has 1 radical (unpaired) electrons. The van der Waals surface area contributed by atoms with E-state index < -0.39 is 0 Å². The van der Waals surface area contributed by atoms with Gasteiger partial charge in [-0.3, -0.25) is 4.98 Å². The molecule has 3 heteroatoms. The lowest BCUT2D eigenvalue weighted by Crippen LogP contribution is -1.82. The number of pyridine rings is 1. The minimum atomic E-state index is 0.825. The van der Waals surface area contributed by atoms with Gasteiger partial charge in [-0.2, -0.15) is 0 Å². The molecule has 2 heterocycles. The predicted molar refractivity (Wildman–Crippen MR) is 48.0 cm³/mol. The largest absolute Gasteiger partial charge is 0.361 e. The molecule has 13 heavy (non-hydrogen) atoms. The Morgan fingerprint density at radius 2 is 2.23 bits per heavy atom. The van der Waals surface area contributed by atoms with Crippen LogP contribution in [0.5, 0.6) is 0 Å². The number of hydrogen-bond donors (Lipinski definition) is 0. The van der Waals surface area contributed by atoms with Crippen LogP contribution in [0.3, 0.4) is 0 Å². The van der Waals surface area contributed by atoms with Crippen LogP contribution < -0.4 is 0 Å². The average Bonchev–Trinajstić information content (AvgIpc) is 2.48. The van der Waals surface area contributed by atoms with Crippen LogP contribution in [-0.2, 0) is 0 Å². The average molecular weight is 173 g/mol. The first-order valence-corrected chi connectivity index (χ1v) is 4.04. The maximum absolute atomic E-state index is 5.06. The highest BCUT2D eigenvalue weighted by Crippen LogP contribution is 2.25. The van der Waals surface area contributed by atoms with E-state index in [1.54, 1.807) is 12.3 Å². The molecule has 0 aromatic carbocycles. The maximum atomic E-state index is 5.06. The highest BCUT2D eigenvalue weighted by Gasteiger charge is 2.10. The van der Waals surface area contributed by atoms with Crippen molar-refractivity contribution in [3.63, 3.8) is 0 Å². The van der Waals surface area contributed by atoms with Gasteiger partial charge in [-0.1, -0.05) is 11.2 Å². The van der Waals surface area contributed by atoms with Crippen LogP contribution in [0.4, 0.5) is 0 Å². The van der Waals surface area contributed by atoms with Crippen LogP contribution in [0.15, 0.2) is 22.9 Å². The SMILES string of the molecule is Cc1noc(C)c1-c1cc[c]nc1. The molecule has 0 atom stereocenters. The number of hydrogen-bond acceptors (Lipinski definition) is 3. The van der Waals surface area contributed by atoms with E-state index >= 15 is 0 Å². The van der Waals surface area contributed by atoms with Crippen LogP contribution >= 0.6 is 0 Å². The Bertz CT molecular complexity index is 387. The predicted octanol–water partition coefficient (Wildman–Crippen LogP) is 2.15. The molecular formula is C10H9N2O. The molecule has 0 bridgehead atoms. The Kier molecular flexibility index (Phi) is 1.85. The lowest BCUT2D eigenvalue weighted by Gasteiger charge is -1.96. The molecule has 2 rings (SSSR count). The monoisotopic (exact) mass is 173 g/mol. The van der Waals surface area contributed by atoms with Gasteiger partial charge in [0.05, 0.1) is 11.9 Å². The Balaban J connectivity index is 2.59. The summed E-state index contributed by atoms with van der Waals surface area (Å²) in [5, 5.41) is 3.88. The molecular weight excluding hydrogens is 164 g/mol. The van der Waals surface area contributed by atoms with Crippen molar-refractivity contribution in [1.82, 2.24) is 10.1 Å². The summed E-state index contributed by atoms with van der Waals surface area (Å²) in [6, 6.07) is 3.72. The van der Waals surface area contributed by atoms with E-state index in [4.69, 9.17) is 4.52 Å². The maximum Gasteiger partial charge on any atom is 0.141 e. The van der Waals surface area contributed by atoms with Crippen LogP contribution in [0.25, 0.3) is 11.1 Å². The van der Waals surface area contributed by atoms with Gasteiger partial charge in [0.25, 0.3) is 0 Å². The first-order chi connectivity index (χ1) is 6.29. The molecule has 0 saturated carbocycles. The van der Waals surface area contributed by atoms with Crippen molar-refractivity contribution in [2.24, 2.45) is 0 Å². The van der Waals surface area contributed by atoms with Gasteiger partial charge < -0.3 is 4.52 Å². The van der Waals surface area contributed by atoms with Gasteiger partial charge in [-0.15, -0.1) is 0 Å². The second-order valence-electron chi connectivity index (χ2n) is 2.88. The Morgan fingerprint density at radius 3 is 2.77 bits per heavy atom. The van der Waals surface area contributed by atoms with Gasteiger partial charge in [-0.05, 0) is 19.9 Å². The van der Waals surface area contributed by atoms with Crippen molar-refractivity contribution >= 4 is 0 Å². The molecule has 0 spiro atoms. The lowest BCUT2D eigenvalue weighted by molar-refractivity contribution is 0.393. The van der Waals surface area contributed by atoms with Gasteiger partial charge >= 0.3 is 0 Å². The fourth-order valence-corrected chi connectivity index (χ4v) is 1.36. The lowest BCUT2D eigenvalue weighted by atomic mass is 10.1. The molecule has 0 amide bonds. The van der Waals surface area contributed by atoms with Crippen molar-refractivity contribution in [3.05, 3.63) is 36.0 Å². The van der Waals surface area contributed by atoms with Gasteiger partial charge in [0.15, 0.2) is 0 Å². The summed E-state index contributed by atoms with van der Waals surface area (Å²) < 4.78 is 5.06. The number of aryl methyl sites for hydroxylation is 2. The van der Waals surface area contributed by atoms with Crippen LogP contribution in [0.1, 0.15) is 11.5 Å². The van der Waals surface area contributed by atoms with Crippen molar-refractivity contribution in [1.29, 1.82) is 0 Å². The van der Waals surface area contributed by atoms with Crippen molar-refractivity contribution in [2.75, 3.05) is 0 Å². The summed E-state index contributed by atoms with van der Waals surface area (Å²) in [5.74, 6) is 0.825. The van der Waals surface area contributed by atoms with Crippen LogP contribution in [0, 0.1) is 20.0 Å². The quantitative estimate of drug-likeness (QED) is 0.663. The minimum absolute atomic E-state index is 0.825. The first-order valence-electron chi connectivity index (χ1n) is 4.04. The second-order valence-corrected chi connectivity index (χ2v) is 2.88. The smallest absolute Gasteiger partial charge is 0.141 e. The molecule has 0 unspecified atom stereocenters. The fourth-order valence-electron chi connectivity index (χ4n) is 1.36. The number of nitrogens with zero attached hydrogens (tertiary/aromatic N) is 2. The third-order valence-corrected chi connectivity index (χ3v) is 1.94. The zero-order valence-corrected chi connectivity index (χ0v) is 7.53. The second kappa shape index (κ2) is 3.01. The minimum Gasteiger partial charge on any atom is -0.361 e. The van der Waals surface area contributed by atoms with Crippen molar-refractivity contribution in [3.8, 4) is 11.1 Å². The molecule has 65 valence electrons. The summed E-state index contributed by atoms with van der Waals surface area (Å²) in [6.45, 7) is 3.81. The molecule has 0 aliphatic carbocycles.